The maximum absolute atomic E-state index is 5.78. The third-order valence-electron chi connectivity index (χ3n) is 6.07. The number of likely N-dealkylation sites (N-methyl/N-ethyl adjacent to an activating group) is 1. The second-order valence-corrected chi connectivity index (χ2v) is 8.64. The van der Waals surface area contributed by atoms with Crippen LogP contribution in [0.2, 0.25) is 0 Å². The molecule has 1 saturated carbocycles. The summed E-state index contributed by atoms with van der Waals surface area (Å²) in [6.45, 7) is 1.88. The average molecular weight is 398 g/mol. The summed E-state index contributed by atoms with van der Waals surface area (Å²) in [6, 6.07) is 11.5. The lowest BCUT2D eigenvalue weighted by atomic mass is 9.94. The lowest BCUT2D eigenvalue weighted by Gasteiger charge is -2.33. The standard InChI is InChI=1S/C22H31N5S/c1-25(2)15-16-27-21(20(24-22(27)28)18-11-6-7-13-23-18)19-12-8-14-26(19)17-9-4-3-5-10-17/h6-8,11-14,17,20-21H,3-5,9-10,15-16H2,1-2H3,(H,24,28)/t20-,21-/m1/s1. The molecule has 1 aliphatic heterocycles. The van der Waals surface area contributed by atoms with E-state index in [-0.39, 0.29) is 12.1 Å². The molecule has 5 nitrogen and oxygen atoms in total. The first-order chi connectivity index (χ1) is 13.6. The molecule has 0 bridgehead atoms. The van der Waals surface area contributed by atoms with E-state index in [2.05, 4.69) is 69.2 Å². The highest BCUT2D eigenvalue weighted by atomic mass is 32.1. The van der Waals surface area contributed by atoms with Gasteiger partial charge in [0.15, 0.2) is 5.11 Å². The molecule has 2 atom stereocenters. The van der Waals surface area contributed by atoms with Crippen molar-refractivity contribution in [2.75, 3.05) is 27.2 Å². The van der Waals surface area contributed by atoms with Crippen molar-refractivity contribution >= 4 is 17.3 Å². The summed E-state index contributed by atoms with van der Waals surface area (Å²) in [7, 11) is 4.23. The van der Waals surface area contributed by atoms with Crippen molar-refractivity contribution in [3.8, 4) is 0 Å². The third-order valence-corrected chi connectivity index (χ3v) is 6.42. The van der Waals surface area contributed by atoms with Crippen molar-refractivity contribution < 1.29 is 0 Å². The fourth-order valence-electron chi connectivity index (χ4n) is 4.63. The Labute approximate surface area is 173 Å². The van der Waals surface area contributed by atoms with E-state index in [0.717, 1.165) is 23.9 Å². The van der Waals surface area contributed by atoms with Gasteiger partial charge in [-0.2, -0.15) is 0 Å². The van der Waals surface area contributed by atoms with Gasteiger partial charge in [0.25, 0.3) is 0 Å². The Kier molecular flexibility index (Phi) is 5.97. The highest BCUT2D eigenvalue weighted by Crippen LogP contribution is 2.41. The molecule has 0 unspecified atom stereocenters. The number of pyridine rings is 1. The topological polar surface area (TPSA) is 36.3 Å². The molecule has 2 aromatic rings. The SMILES string of the molecule is CN(C)CCN1C(=S)N[C@H](c2ccccn2)[C@H]1c1cccn1C1CCCCC1. The molecule has 0 radical (unpaired) electrons. The van der Waals surface area contributed by atoms with E-state index in [1.54, 1.807) is 0 Å². The predicted octanol–water partition coefficient (Wildman–Crippen LogP) is 3.92. The van der Waals surface area contributed by atoms with Gasteiger partial charge in [0.05, 0.1) is 17.8 Å². The summed E-state index contributed by atoms with van der Waals surface area (Å²) in [5.41, 5.74) is 2.41. The summed E-state index contributed by atoms with van der Waals surface area (Å²) >= 11 is 5.78. The minimum atomic E-state index is 0.0769. The first kappa shape index (κ1) is 19.4. The molecule has 0 aromatic carbocycles. The first-order valence-corrected chi connectivity index (χ1v) is 10.9. The number of hydrogen-bond acceptors (Lipinski definition) is 3. The van der Waals surface area contributed by atoms with Crippen LogP contribution in [0.3, 0.4) is 0 Å². The van der Waals surface area contributed by atoms with Crippen LogP contribution >= 0.6 is 12.2 Å². The monoisotopic (exact) mass is 397 g/mol. The summed E-state index contributed by atoms with van der Waals surface area (Å²) in [4.78, 5) is 9.24. The fourth-order valence-corrected chi connectivity index (χ4v) is 4.96. The molecule has 1 saturated heterocycles. The van der Waals surface area contributed by atoms with Gasteiger partial charge >= 0.3 is 0 Å². The smallest absolute Gasteiger partial charge is 0.170 e. The van der Waals surface area contributed by atoms with Gasteiger partial charge in [0.1, 0.15) is 0 Å². The number of thiocarbonyl (C=S) groups is 1. The maximum atomic E-state index is 5.78. The van der Waals surface area contributed by atoms with Crippen molar-refractivity contribution in [2.24, 2.45) is 0 Å². The van der Waals surface area contributed by atoms with E-state index in [1.165, 1.54) is 37.8 Å². The Balaban J connectivity index is 1.70. The zero-order chi connectivity index (χ0) is 19.5. The minimum absolute atomic E-state index is 0.0769. The molecule has 0 spiro atoms. The molecule has 4 rings (SSSR count). The Bertz CT molecular complexity index is 781. The Morgan fingerprint density at radius 1 is 1.14 bits per heavy atom. The Morgan fingerprint density at radius 2 is 1.96 bits per heavy atom. The zero-order valence-corrected chi connectivity index (χ0v) is 17.7. The number of aromatic nitrogens is 2. The first-order valence-electron chi connectivity index (χ1n) is 10.4. The molecule has 2 aliphatic rings. The molecule has 0 amide bonds. The van der Waals surface area contributed by atoms with Crippen LogP contribution in [-0.2, 0) is 0 Å². The largest absolute Gasteiger partial charge is 0.352 e. The van der Waals surface area contributed by atoms with Gasteiger partial charge < -0.3 is 19.7 Å². The van der Waals surface area contributed by atoms with E-state index in [0.29, 0.717) is 6.04 Å². The summed E-state index contributed by atoms with van der Waals surface area (Å²) in [5.74, 6) is 0. The van der Waals surface area contributed by atoms with Gasteiger partial charge in [-0.1, -0.05) is 25.3 Å². The van der Waals surface area contributed by atoms with Crippen LogP contribution in [0.5, 0.6) is 0 Å². The molecule has 150 valence electrons. The molecule has 1 aliphatic carbocycles. The summed E-state index contributed by atoms with van der Waals surface area (Å²) in [5, 5.41) is 4.41. The molecule has 28 heavy (non-hydrogen) atoms. The molecule has 1 N–H and O–H groups in total. The van der Waals surface area contributed by atoms with Gasteiger partial charge in [-0.15, -0.1) is 0 Å². The van der Waals surface area contributed by atoms with E-state index in [1.807, 2.05) is 12.3 Å². The van der Waals surface area contributed by atoms with Crippen molar-refractivity contribution in [1.29, 1.82) is 0 Å². The van der Waals surface area contributed by atoms with E-state index in [9.17, 15) is 0 Å². The fraction of sp³-hybridized carbons (Fsp3) is 0.545. The quantitative estimate of drug-likeness (QED) is 0.748. The highest BCUT2D eigenvalue weighted by Gasteiger charge is 2.41. The van der Waals surface area contributed by atoms with E-state index in [4.69, 9.17) is 12.2 Å². The van der Waals surface area contributed by atoms with Crippen LogP contribution in [0.4, 0.5) is 0 Å². The van der Waals surface area contributed by atoms with Gasteiger partial charge in [0, 0.05) is 37.2 Å². The number of nitrogens with zero attached hydrogens (tertiary/aromatic N) is 4. The van der Waals surface area contributed by atoms with E-state index >= 15 is 0 Å². The van der Waals surface area contributed by atoms with Crippen molar-refractivity contribution in [3.63, 3.8) is 0 Å². The maximum Gasteiger partial charge on any atom is 0.170 e. The molecular weight excluding hydrogens is 366 g/mol. The van der Waals surface area contributed by atoms with Gasteiger partial charge in [-0.3, -0.25) is 4.98 Å². The van der Waals surface area contributed by atoms with Crippen LogP contribution in [0.1, 0.15) is 61.6 Å². The summed E-state index contributed by atoms with van der Waals surface area (Å²) in [6.07, 6.45) is 10.7. The van der Waals surface area contributed by atoms with Crippen molar-refractivity contribution in [2.45, 2.75) is 50.2 Å². The van der Waals surface area contributed by atoms with Crippen LogP contribution in [0, 0.1) is 0 Å². The third kappa shape index (κ3) is 3.94. The highest BCUT2D eigenvalue weighted by molar-refractivity contribution is 7.80. The second kappa shape index (κ2) is 8.62. The van der Waals surface area contributed by atoms with E-state index < -0.39 is 0 Å². The number of rotatable bonds is 6. The predicted molar refractivity (Wildman–Crippen MR) is 117 cm³/mol. The molecule has 2 aromatic heterocycles. The average Bonchev–Trinajstić information content (AvgIpc) is 3.32. The molecule has 6 heteroatoms. The van der Waals surface area contributed by atoms with Crippen LogP contribution in [0.15, 0.2) is 42.7 Å². The normalized spacial score (nSPS) is 23.4. The second-order valence-electron chi connectivity index (χ2n) is 8.26. The Hall–Kier alpha value is -1.92. The van der Waals surface area contributed by atoms with Gasteiger partial charge in [-0.05, 0) is 63.4 Å². The summed E-state index contributed by atoms with van der Waals surface area (Å²) < 4.78 is 2.53. The van der Waals surface area contributed by atoms with Crippen LogP contribution in [0.25, 0.3) is 0 Å². The molecule has 2 fully saturated rings. The zero-order valence-electron chi connectivity index (χ0n) is 16.9. The van der Waals surface area contributed by atoms with Crippen LogP contribution in [-0.4, -0.2) is 51.6 Å². The van der Waals surface area contributed by atoms with Crippen LogP contribution < -0.4 is 5.32 Å². The number of hydrogen-bond donors (Lipinski definition) is 1. The Morgan fingerprint density at radius 3 is 2.68 bits per heavy atom. The van der Waals surface area contributed by atoms with Gasteiger partial charge in [-0.25, -0.2) is 0 Å². The minimum Gasteiger partial charge on any atom is -0.352 e. The lowest BCUT2D eigenvalue weighted by Crippen LogP contribution is -2.36. The molecule has 3 heterocycles. The number of nitrogens with one attached hydrogen (secondary N) is 1. The van der Waals surface area contributed by atoms with Crippen molar-refractivity contribution in [1.82, 2.24) is 24.7 Å². The molecular formula is C22H31N5S. The van der Waals surface area contributed by atoms with Crippen molar-refractivity contribution in [3.05, 3.63) is 54.1 Å². The lowest BCUT2D eigenvalue weighted by molar-refractivity contribution is 0.257. The van der Waals surface area contributed by atoms with Gasteiger partial charge in [0.2, 0.25) is 0 Å².